The van der Waals surface area contributed by atoms with Crippen molar-refractivity contribution in [3.8, 4) is 5.75 Å². The molecule has 1 aromatic heterocycles. The highest BCUT2D eigenvalue weighted by Gasteiger charge is 2.11. The molecule has 1 heterocycles. The van der Waals surface area contributed by atoms with Gasteiger partial charge in [0.1, 0.15) is 12.4 Å². The highest BCUT2D eigenvalue weighted by atomic mass is 32.1. The van der Waals surface area contributed by atoms with Crippen LogP contribution in [-0.4, -0.2) is 10.1 Å². The van der Waals surface area contributed by atoms with Crippen LogP contribution in [0.2, 0.25) is 0 Å². The number of benzene rings is 1. The van der Waals surface area contributed by atoms with Crippen molar-refractivity contribution in [1.82, 2.24) is 4.98 Å². The third-order valence-corrected chi connectivity index (χ3v) is 4.25. The lowest BCUT2D eigenvalue weighted by Gasteiger charge is -2.13. The molecule has 1 N–H and O–H groups in total. The SMILES string of the molecule is Cc1ccc([C@@H](C)O)c(OCc2csc(C(C)C)n2)c1. The summed E-state index contributed by atoms with van der Waals surface area (Å²) in [7, 11) is 0. The van der Waals surface area contributed by atoms with Crippen LogP contribution in [0.15, 0.2) is 23.6 Å². The Morgan fingerprint density at radius 1 is 1.30 bits per heavy atom. The van der Waals surface area contributed by atoms with Gasteiger partial charge in [0.2, 0.25) is 0 Å². The molecule has 0 aliphatic heterocycles. The van der Waals surface area contributed by atoms with Gasteiger partial charge in [-0.1, -0.05) is 26.0 Å². The van der Waals surface area contributed by atoms with Crippen LogP contribution in [-0.2, 0) is 6.61 Å². The van der Waals surface area contributed by atoms with E-state index in [-0.39, 0.29) is 0 Å². The second-order valence-corrected chi connectivity index (χ2v) is 6.23. The molecule has 0 saturated heterocycles. The Morgan fingerprint density at radius 2 is 2.05 bits per heavy atom. The first-order valence-corrected chi connectivity index (χ1v) is 7.71. The zero-order valence-electron chi connectivity index (χ0n) is 12.4. The summed E-state index contributed by atoms with van der Waals surface area (Å²) in [6.45, 7) is 8.47. The molecule has 20 heavy (non-hydrogen) atoms. The van der Waals surface area contributed by atoms with Gasteiger partial charge in [0, 0.05) is 16.9 Å². The molecule has 0 fully saturated rings. The van der Waals surface area contributed by atoms with E-state index >= 15 is 0 Å². The predicted molar refractivity (Wildman–Crippen MR) is 82.3 cm³/mol. The maximum atomic E-state index is 9.78. The Labute approximate surface area is 124 Å². The highest BCUT2D eigenvalue weighted by molar-refractivity contribution is 7.09. The summed E-state index contributed by atoms with van der Waals surface area (Å²) in [5.74, 6) is 1.18. The van der Waals surface area contributed by atoms with E-state index in [9.17, 15) is 5.11 Å². The van der Waals surface area contributed by atoms with Crippen LogP contribution in [0.25, 0.3) is 0 Å². The second kappa shape index (κ2) is 6.37. The second-order valence-electron chi connectivity index (χ2n) is 5.34. The van der Waals surface area contributed by atoms with Crippen molar-refractivity contribution in [2.75, 3.05) is 0 Å². The van der Waals surface area contributed by atoms with E-state index < -0.39 is 6.10 Å². The van der Waals surface area contributed by atoms with Crippen molar-refractivity contribution in [3.63, 3.8) is 0 Å². The highest BCUT2D eigenvalue weighted by Crippen LogP contribution is 2.27. The van der Waals surface area contributed by atoms with Gasteiger partial charge in [-0.25, -0.2) is 4.98 Å². The third-order valence-electron chi connectivity index (χ3n) is 3.06. The molecule has 1 atom stereocenters. The lowest BCUT2D eigenvalue weighted by molar-refractivity contribution is 0.190. The number of ether oxygens (including phenoxy) is 1. The molecule has 4 heteroatoms. The molecule has 0 aliphatic rings. The van der Waals surface area contributed by atoms with Crippen molar-refractivity contribution in [2.24, 2.45) is 0 Å². The van der Waals surface area contributed by atoms with E-state index in [1.807, 2.05) is 30.5 Å². The van der Waals surface area contributed by atoms with Crippen molar-refractivity contribution in [3.05, 3.63) is 45.4 Å². The van der Waals surface area contributed by atoms with Crippen molar-refractivity contribution >= 4 is 11.3 Å². The third kappa shape index (κ3) is 3.58. The zero-order valence-corrected chi connectivity index (χ0v) is 13.2. The average molecular weight is 291 g/mol. The molecule has 0 spiro atoms. The summed E-state index contributed by atoms with van der Waals surface area (Å²) in [6, 6.07) is 5.85. The maximum Gasteiger partial charge on any atom is 0.131 e. The number of rotatable bonds is 5. The minimum Gasteiger partial charge on any atom is -0.487 e. The fourth-order valence-electron chi connectivity index (χ4n) is 1.92. The molecule has 108 valence electrons. The van der Waals surface area contributed by atoms with E-state index in [2.05, 4.69) is 18.8 Å². The van der Waals surface area contributed by atoms with Gasteiger partial charge in [-0.05, 0) is 25.5 Å². The molecule has 1 aromatic carbocycles. The van der Waals surface area contributed by atoms with Gasteiger partial charge < -0.3 is 9.84 Å². The first-order chi connectivity index (χ1) is 9.47. The molecule has 2 aromatic rings. The fraction of sp³-hybridized carbons (Fsp3) is 0.438. The van der Waals surface area contributed by atoms with Crippen LogP contribution in [0.5, 0.6) is 5.75 Å². The summed E-state index contributed by atoms with van der Waals surface area (Å²) in [5.41, 5.74) is 2.87. The molecular formula is C16H21NO2S. The Hall–Kier alpha value is -1.39. The largest absolute Gasteiger partial charge is 0.487 e. The van der Waals surface area contributed by atoms with Crippen LogP contribution in [0.4, 0.5) is 0 Å². The number of thiazole rings is 1. The standard InChI is InChI=1S/C16H21NO2S/c1-10(2)16-17-13(9-20-16)8-19-15-7-11(3)5-6-14(15)12(4)18/h5-7,9-10,12,18H,8H2,1-4H3/t12-/m1/s1. The summed E-state index contributed by atoms with van der Waals surface area (Å²) in [6.07, 6.45) is -0.535. The van der Waals surface area contributed by atoms with Crippen LogP contribution >= 0.6 is 11.3 Å². The van der Waals surface area contributed by atoms with Gasteiger partial charge in [0.25, 0.3) is 0 Å². The molecular weight excluding hydrogens is 270 g/mol. The van der Waals surface area contributed by atoms with Gasteiger partial charge in [-0.15, -0.1) is 11.3 Å². The van der Waals surface area contributed by atoms with Gasteiger partial charge in [-0.2, -0.15) is 0 Å². The van der Waals surface area contributed by atoms with Gasteiger partial charge >= 0.3 is 0 Å². The number of aromatic nitrogens is 1. The van der Waals surface area contributed by atoms with Gasteiger partial charge in [-0.3, -0.25) is 0 Å². The molecule has 0 saturated carbocycles. The molecule has 0 unspecified atom stereocenters. The van der Waals surface area contributed by atoms with Gasteiger partial charge in [0.15, 0.2) is 0 Å². The number of aryl methyl sites for hydroxylation is 1. The van der Waals surface area contributed by atoms with Crippen LogP contribution in [0.1, 0.15) is 54.6 Å². The van der Waals surface area contributed by atoms with Crippen LogP contribution in [0.3, 0.4) is 0 Å². The van der Waals surface area contributed by atoms with Gasteiger partial charge in [0.05, 0.1) is 16.8 Å². The number of nitrogens with zero attached hydrogens (tertiary/aromatic N) is 1. The number of hydrogen-bond donors (Lipinski definition) is 1. The Balaban J connectivity index is 2.11. The van der Waals surface area contributed by atoms with Crippen LogP contribution < -0.4 is 4.74 Å². The Morgan fingerprint density at radius 3 is 2.65 bits per heavy atom. The Kier molecular flexibility index (Phi) is 4.78. The minimum atomic E-state index is -0.535. The fourth-order valence-corrected chi connectivity index (χ4v) is 2.74. The van der Waals surface area contributed by atoms with E-state index in [1.165, 1.54) is 0 Å². The van der Waals surface area contributed by atoms with Crippen LogP contribution in [0, 0.1) is 6.92 Å². The monoisotopic (exact) mass is 291 g/mol. The lowest BCUT2D eigenvalue weighted by atomic mass is 10.1. The molecule has 0 aliphatic carbocycles. The predicted octanol–water partition coefficient (Wildman–Crippen LogP) is 4.21. The summed E-state index contributed by atoms with van der Waals surface area (Å²) < 4.78 is 5.84. The molecule has 0 amide bonds. The topological polar surface area (TPSA) is 42.4 Å². The lowest BCUT2D eigenvalue weighted by Crippen LogP contribution is -2.02. The number of aliphatic hydroxyl groups excluding tert-OH is 1. The van der Waals surface area contributed by atoms with E-state index in [0.717, 1.165) is 27.6 Å². The van der Waals surface area contributed by atoms with Crippen molar-refractivity contribution < 1.29 is 9.84 Å². The van der Waals surface area contributed by atoms with E-state index in [4.69, 9.17) is 4.74 Å². The number of aliphatic hydroxyl groups is 1. The van der Waals surface area contributed by atoms with Crippen molar-refractivity contribution in [1.29, 1.82) is 0 Å². The number of hydrogen-bond acceptors (Lipinski definition) is 4. The summed E-state index contributed by atoms with van der Waals surface area (Å²) in [5, 5.41) is 12.9. The molecule has 0 bridgehead atoms. The molecule has 3 nitrogen and oxygen atoms in total. The Bertz CT molecular complexity index is 576. The van der Waals surface area contributed by atoms with Crippen molar-refractivity contribution in [2.45, 2.75) is 46.3 Å². The average Bonchev–Trinajstić information content (AvgIpc) is 2.85. The zero-order chi connectivity index (χ0) is 14.7. The normalized spacial score (nSPS) is 12.7. The minimum absolute atomic E-state index is 0.437. The maximum absolute atomic E-state index is 9.78. The smallest absolute Gasteiger partial charge is 0.131 e. The van der Waals surface area contributed by atoms with E-state index in [1.54, 1.807) is 18.3 Å². The molecule has 0 radical (unpaired) electrons. The summed E-state index contributed by atoms with van der Waals surface area (Å²) in [4.78, 5) is 4.55. The van der Waals surface area contributed by atoms with E-state index in [0.29, 0.717) is 12.5 Å². The molecule has 2 rings (SSSR count). The first kappa shape index (κ1) is 15.0. The first-order valence-electron chi connectivity index (χ1n) is 6.83. The summed E-state index contributed by atoms with van der Waals surface area (Å²) >= 11 is 1.67. The quantitative estimate of drug-likeness (QED) is 0.897.